The molecule has 7 nitrogen and oxygen atoms in total. The first-order chi connectivity index (χ1) is 15.2. The Morgan fingerprint density at radius 1 is 0.969 bits per heavy atom. The van der Waals surface area contributed by atoms with E-state index >= 15 is 0 Å². The lowest BCUT2D eigenvalue weighted by molar-refractivity contribution is -0.121. The van der Waals surface area contributed by atoms with Gasteiger partial charge in [0.15, 0.2) is 0 Å². The summed E-state index contributed by atoms with van der Waals surface area (Å²) in [5.74, 6) is -1.59. The Balaban J connectivity index is 1.79. The molecule has 0 spiro atoms. The van der Waals surface area contributed by atoms with Gasteiger partial charge in [-0.2, -0.15) is 0 Å². The molecule has 1 fully saturated rings. The van der Waals surface area contributed by atoms with Crippen LogP contribution >= 0.6 is 0 Å². The van der Waals surface area contributed by atoms with Crippen LogP contribution in [0.15, 0.2) is 54.2 Å². The van der Waals surface area contributed by atoms with Crippen molar-refractivity contribution in [3.63, 3.8) is 0 Å². The van der Waals surface area contributed by atoms with Crippen LogP contribution in [0, 0.1) is 5.82 Å². The molecule has 2 aromatic carbocycles. The fourth-order valence-corrected chi connectivity index (χ4v) is 4.18. The van der Waals surface area contributed by atoms with Gasteiger partial charge in [0.2, 0.25) is 5.91 Å². The van der Waals surface area contributed by atoms with Crippen LogP contribution in [-0.4, -0.2) is 47.9 Å². The van der Waals surface area contributed by atoms with E-state index in [9.17, 15) is 18.8 Å². The molecule has 0 bridgehead atoms. The van der Waals surface area contributed by atoms with Gasteiger partial charge in [0, 0.05) is 25.7 Å². The van der Waals surface area contributed by atoms with Crippen molar-refractivity contribution in [1.29, 1.82) is 0 Å². The van der Waals surface area contributed by atoms with Gasteiger partial charge in [-0.15, -0.1) is 0 Å². The summed E-state index contributed by atoms with van der Waals surface area (Å²) >= 11 is 0. The molecule has 0 aromatic heterocycles. The van der Waals surface area contributed by atoms with Gasteiger partial charge in [-0.05, 0) is 55.8 Å². The highest BCUT2D eigenvalue weighted by atomic mass is 19.1. The molecule has 2 atom stereocenters. The van der Waals surface area contributed by atoms with E-state index in [-0.39, 0.29) is 23.7 Å². The highest BCUT2D eigenvalue weighted by Gasteiger charge is 2.43. The zero-order valence-corrected chi connectivity index (χ0v) is 18.1. The van der Waals surface area contributed by atoms with Gasteiger partial charge in [-0.1, -0.05) is 12.1 Å². The van der Waals surface area contributed by atoms with E-state index in [0.29, 0.717) is 35.7 Å². The molecule has 0 radical (unpaired) electrons. The summed E-state index contributed by atoms with van der Waals surface area (Å²) in [5, 5.41) is 2.69. The van der Waals surface area contributed by atoms with E-state index < -0.39 is 17.6 Å². The van der Waals surface area contributed by atoms with Crippen LogP contribution in [-0.2, 0) is 19.1 Å². The van der Waals surface area contributed by atoms with Crippen molar-refractivity contribution in [2.45, 2.75) is 33.0 Å². The van der Waals surface area contributed by atoms with Crippen molar-refractivity contribution in [2.24, 2.45) is 0 Å². The van der Waals surface area contributed by atoms with Gasteiger partial charge in [-0.25, -0.2) is 9.29 Å². The molecule has 1 saturated heterocycles. The summed E-state index contributed by atoms with van der Waals surface area (Å²) in [4.78, 5) is 41.3. The van der Waals surface area contributed by atoms with Gasteiger partial charge < -0.3 is 15.0 Å². The molecular formula is C24H24FN3O4. The molecule has 0 aliphatic carbocycles. The quantitative estimate of drug-likeness (QED) is 0.744. The smallest absolute Gasteiger partial charge is 0.282 e. The topological polar surface area (TPSA) is 79.0 Å². The summed E-state index contributed by atoms with van der Waals surface area (Å²) in [5.41, 5.74) is 2.02. The minimum atomic E-state index is -0.476. The molecule has 4 rings (SSSR count). The monoisotopic (exact) mass is 437 g/mol. The molecule has 32 heavy (non-hydrogen) atoms. The average Bonchev–Trinajstić information content (AvgIpc) is 2.98. The standard InChI is InChI=1S/C24H24FN3O4/c1-14-12-27(13-15(2)32-14)22-21(17-4-8-19(9-5-17)26-16(3)29)23(30)28(24(22)31)20-10-6-18(25)7-11-20/h4-11,14-15H,12-13H2,1-3H3,(H,26,29). The Kier molecular flexibility index (Phi) is 5.80. The number of rotatable bonds is 4. The normalized spacial score (nSPS) is 21.4. The number of hydrogen-bond acceptors (Lipinski definition) is 5. The number of carbonyl (C=O) groups excluding carboxylic acids is 3. The zero-order valence-electron chi connectivity index (χ0n) is 18.1. The van der Waals surface area contributed by atoms with E-state index in [2.05, 4.69) is 5.32 Å². The van der Waals surface area contributed by atoms with Gasteiger partial charge in [-0.3, -0.25) is 14.4 Å². The Morgan fingerprint density at radius 3 is 2.12 bits per heavy atom. The molecule has 2 aliphatic rings. The highest BCUT2D eigenvalue weighted by Crippen LogP contribution is 2.36. The van der Waals surface area contributed by atoms with Crippen LogP contribution in [0.1, 0.15) is 26.3 Å². The van der Waals surface area contributed by atoms with Gasteiger partial charge in [0.25, 0.3) is 11.8 Å². The Hall–Kier alpha value is -3.52. The van der Waals surface area contributed by atoms with Crippen molar-refractivity contribution in [3.05, 3.63) is 65.6 Å². The van der Waals surface area contributed by atoms with Gasteiger partial charge in [0.05, 0.1) is 23.5 Å². The minimum Gasteiger partial charge on any atom is -0.372 e. The largest absolute Gasteiger partial charge is 0.372 e. The van der Waals surface area contributed by atoms with Crippen LogP contribution in [0.3, 0.4) is 0 Å². The number of nitrogens with zero attached hydrogens (tertiary/aromatic N) is 2. The minimum absolute atomic E-state index is 0.114. The fraction of sp³-hybridized carbons (Fsp3) is 0.292. The first kappa shape index (κ1) is 21.7. The number of ether oxygens (including phenoxy) is 1. The van der Waals surface area contributed by atoms with Crippen molar-refractivity contribution in [1.82, 2.24) is 4.90 Å². The Bertz CT molecular complexity index is 1090. The van der Waals surface area contributed by atoms with Crippen LogP contribution in [0.4, 0.5) is 15.8 Å². The van der Waals surface area contributed by atoms with E-state index in [0.717, 1.165) is 4.90 Å². The lowest BCUT2D eigenvalue weighted by atomic mass is 10.0. The third-order valence-electron chi connectivity index (χ3n) is 5.37. The number of anilines is 2. The van der Waals surface area contributed by atoms with E-state index in [1.165, 1.54) is 31.2 Å². The molecule has 2 aliphatic heterocycles. The molecule has 2 unspecified atom stereocenters. The second-order valence-corrected chi connectivity index (χ2v) is 8.07. The number of morpholine rings is 1. The summed E-state index contributed by atoms with van der Waals surface area (Å²) in [6.07, 6.45) is -0.227. The SMILES string of the molecule is CC(=O)Nc1ccc(C2=C(N3CC(C)OC(C)C3)C(=O)N(c3ccc(F)cc3)C2=O)cc1. The number of nitrogens with one attached hydrogen (secondary N) is 1. The molecule has 8 heteroatoms. The van der Waals surface area contributed by atoms with Gasteiger partial charge in [0.1, 0.15) is 11.5 Å². The molecule has 166 valence electrons. The number of hydrogen-bond donors (Lipinski definition) is 1. The van der Waals surface area contributed by atoms with Crippen LogP contribution in [0.5, 0.6) is 0 Å². The van der Waals surface area contributed by atoms with Gasteiger partial charge >= 0.3 is 0 Å². The number of carbonyl (C=O) groups is 3. The first-order valence-electron chi connectivity index (χ1n) is 10.4. The van der Waals surface area contributed by atoms with E-state index in [1.807, 2.05) is 18.7 Å². The van der Waals surface area contributed by atoms with Crippen LogP contribution < -0.4 is 10.2 Å². The van der Waals surface area contributed by atoms with E-state index in [4.69, 9.17) is 4.74 Å². The fourth-order valence-electron chi connectivity index (χ4n) is 4.18. The van der Waals surface area contributed by atoms with Crippen LogP contribution in [0.2, 0.25) is 0 Å². The molecule has 0 saturated carbocycles. The summed E-state index contributed by atoms with van der Waals surface area (Å²) in [6.45, 7) is 6.18. The molecule has 2 heterocycles. The lowest BCUT2D eigenvalue weighted by Gasteiger charge is -2.37. The predicted octanol–water partition coefficient (Wildman–Crippen LogP) is 3.18. The first-order valence-corrected chi connectivity index (χ1v) is 10.4. The second-order valence-electron chi connectivity index (χ2n) is 8.07. The Morgan fingerprint density at radius 2 is 1.56 bits per heavy atom. The number of benzene rings is 2. The summed E-state index contributed by atoms with van der Waals surface area (Å²) < 4.78 is 19.2. The number of amides is 3. The van der Waals surface area contributed by atoms with E-state index in [1.54, 1.807) is 24.3 Å². The zero-order chi connectivity index (χ0) is 23.0. The number of imide groups is 1. The maximum absolute atomic E-state index is 13.5. The Labute approximate surface area is 185 Å². The maximum Gasteiger partial charge on any atom is 0.282 e. The average molecular weight is 437 g/mol. The van der Waals surface area contributed by atoms with Crippen molar-refractivity contribution >= 4 is 34.7 Å². The van der Waals surface area contributed by atoms with Crippen LogP contribution in [0.25, 0.3) is 5.57 Å². The molecule has 3 amide bonds. The van der Waals surface area contributed by atoms with Crippen molar-refractivity contribution in [2.75, 3.05) is 23.3 Å². The third-order valence-corrected chi connectivity index (χ3v) is 5.37. The molecule has 2 aromatic rings. The van der Waals surface area contributed by atoms with Crippen molar-refractivity contribution < 1.29 is 23.5 Å². The maximum atomic E-state index is 13.5. The molecule has 1 N–H and O–H groups in total. The second kappa shape index (κ2) is 8.55. The third kappa shape index (κ3) is 4.13. The lowest BCUT2D eigenvalue weighted by Crippen LogP contribution is -2.47. The summed E-state index contributed by atoms with van der Waals surface area (Å²) in [6, 6.07) is 12.0. The highest BCUT2D eigenvalue weighted by molar-refractivity contribution is 6.45. The number of halogens is 1. The summed E-state index contributed by atoms with van der Waals surface area (Å²) in [7, 11) is 0. The van der Waals surface area contributed by atoms with Crippen molar-refractivity contribution in [3.8, 4) is 0 Å². The molecular weight excluding hydrogens is 413 g/mol. The predicted molar refractivity (Wildman–Crippen MR) is 118 cm³/mol.